The van der Waals surface area contributed by atoms with E-state index in [1.54, 1.807) is 24.3 Å². The molecule has 3 nitrogen and oxygen atoms in total. The molecule has 0 aliphatic heterocycles. The first-order valence-electron chi connectivity index (χ1n) is 5.60. The number of halogens is 2. The molecule has 0 unspecified atom stereocenters. The number of nitrogens with two attached hydrogens (primary N) is 1. The molecule has 0 aromatic heterocycles. The lowest BCUT2D eigenvalue weighted by molar-refractivity contribution is 0.102. The lowest BCUT2D eigenvalue weighted by atomic mass is 10.1. The number of anilines is 2. The van der Waals surface area contributed by atoms with Gasteiger partial charge in [0.15, 0.2) is 0 Å². The molecule has 98 valence electrons. The highest BCUT2D eigenvalue weighted by Crippen LogP contribution is 2.25. The second-order valence-electron chi connectivity index (χ2n) is 4.10. The van der Waals surface area contributed by atoms with Crippen LogP contribution in [0.5, 0.6) is 0 Å². The summed E-state index contributed by atoms with van der Waals surface area (Å²) in [6.45, 7) is 1.88. The molecular formula is C14H12BrClN2O. The molecule has 0 aliphatic carbocycles. The number of carbonyl (C=O) groups excluding carboxylic acids is 1. The van der Waals surface area contributed by atoms with E-state index in [0.717, 1.165) is 10.0 Å². The minimum Gasteiger partial charge on any atom is -0.397 e. The summed E-state index contributed by atoms with van der Waals surface area (Å²) < 4.78 is 0.888. The number of hydrogen-bond donors (Lipinski definition) is 2. The second kappa shape index (κ2) is 5.63. The van der Waals surface area contributed by atoms with Crippen LogP contribution in [0.3, 0.4) is 0 Å². The van der Waals surface area contributed by atoms with Gasteiger partial charge in [0.25, 0.3) is 5.91 Å². The fourth-order valence-electron chi connectivity index (χ4n) is 1.68. The van der Waals surface area contributed by atoms with E-state index in [1.165, 1.54) is 0 Å². The van der Waals surface area contributed by atoms with Crippen molar-refractivity contribution in [1.82, 2.24) is 0 Å². The van der Waals surface area contributed by atoms with Crippen molar-refractivity contribution in [2.24, 2.45) is 0 Å². The Morgan fingerprint density at radius 2 is 2.05 bits per heavy atom. The van der Waals surface area contributed by atoms with Gasteiger partial charge in [-0.25, -0.2) is 0 Å². The predicted octanol–water partition coefficient (Wildman–Crippen LogP) is 4.25. The van der Waals surface area contributed by atoms with Crippen LogP contribution in [-0.4, -0.2) is 5.91 Å². The molecule has 0 bridgehead atoms. The molecule has 19 heavy (non-hydrogen) atoms. The summed E-state index contributed by atoms with van der Waals surface area (Å²) in [6, 6.07) is 10.4. The van der Waals surface area contributed by atoms with Gasteiger partial charge in [-0.1, -0.05) is 33.6 Å². The molecule has 0 spiro atoms. The molecule has 2 aromatic rings. The van der Waals surface area contributed by atoms with Gasteiger partial charge in [-0.3, -0.25) is 4.79 Å². The first-order valence-corrected chi connectivity index (χ1v) is 6.77. The highest BCUT2D eigenvalue weighted by Gasteiger charge is 2.12. The van der Waals surface area contributed by atoms with E-state index in [1.807, 2.05) is 19.1 Å². The molecule has 5 heteroatoms. The van der Waals surface area contributed by atoms with E-state index >= 15 is 0 Å². The van der Waals surface area contributed by atoms with Gasteiger partial charge in [0.05, 0.1) is 11.4 Å². The van der Waals surface area contributed by atoms with Crippen LogP contribution in [-0.2, 0) is 0 Å². The number of hydrogen-bond acceptors (Lipinski definition) is 2. The molecule has 2 rings (SSSR count). The largest absolute Gasteiger partial charge is 0.397 e. The van der Waals surface area contributed by atoms with Crippen LogP contribution in [0, 0.1) is 6.92 Å². The molecule has 2 aromatic carbocycles. The normalized spacial score (nSPS) is 10.3. The van der Waals surface area contributed by atoms with E-state index in [2.05, 4.69) is 21.2 Å². The molecule has 0 saturated carbocycles. The lowest BCUT2D eigenvalue weighted by Crippen LogP contribution is -2.14. The predicted molar refractivity (Wildman–Crippen MR) is 82.7 cm³/mol. The fourth-order valence-corrected chi connectivity index (χ4v) is 2.22. The molecule has 0 fully saturated rings. The number of nitrogen functional groups attached to an aromatic ring is 1. The van der Waals surface area contributed by atoms with Gasteiger partial charge >= 0.3 is 0 Å². The number of benzene rings is 2. The van der Waals surface area contributed by atoms with Crippen LogP contribution < -0.4 is 11.1 Å². The van der Waals surface area contributed by atoms with Crippen molar-refractivity contribution in [3.63, 3.8) is 0 Å². The SMILES string of the molecule is Cc1c(Br)cccc1C(=O)Nc1cc(Cl)ccc1N. The minimum atomic E-state index is -0.215. The summed E-state index contributed by atoms with van der Waals surface area (Å²) in [6.07, 6.45) is 0. The maximum absolute atomic E-state index is 12.2. The van der Waals surface area contributed by atoms with Gasteiger partial charge in [-0.05, 0) is 42.8 Å². The third-order valence-electron chi connectivity index (χ3n) is 2.78. The van der Waals surface area contributed by atoms with Crippen LogP contribution in [0.25, 0.3) is 0 Å². The van der Waals surface area contributed by atoms with Gasteiger partial charge in [-0.15, -0.1) is 0 Å². The molecule has 0 aliphatic rings. The molecule has 3 N–H and O–H groups in total. The molecular weight excluding hydrogens is 328 g/mol. The first kappa shape index (κ1) is 13.9. The smallest absolute Gasteiger partial charge is 0.256 e. The van der Waals surface area contributed by atoms with Crippen molar-refractivity contribution in [3.8, 4) is 0 Å². The molecule has 1 amide bonds. The average molecular weight is 340 g/mol. The summed E-state index contributed by atoms with van der Waals surface area (Å²) in [5.74, 6) is -0.215. The zero-order chi connectivity index (χ0) is 14.0. The van der Waals surface area contributed by atoms with Crippen LogP contribution in [0.4, 0.5) is 11.4 Å². The van der Waals surface area contributed by atoms with Crippen LogP contribution in [0.1, 0.15) is 15.9 Å². The highest BCUT2D eigenvalue weighted by molar-refractivity contribution is 9.10. The summed E-state index contributed by atoms with van der Waals surface area (Å²) in [7, 11) is 0. The maximum Gasteiger partial charge on any atom is 0.256 e. The van der Waals surface area contributed by atoms with Crippen LogP contribution in [0.15, 0.2) is 40.9 Å². The van der Waals surface area contributed by atoms with Crippen molar-refractivity contribution in [2.75, 3.05) is 11.1 Å². The highest BCUT2D eigenvalue weighted by atomic mass is 79.9. The van der Waals surface area contributed by atoms with Crippen molar-refractivity contribution in [2.45, 2.75) is 6.92 Å². The van der Waals surface area contributed by atoms with Crippen molar-refractivity contribution < 1.29 is 4.79 Å². The monoisotopic (exact) mass is 338 g/mol. The van der Waals surface area contributed by atoms with Crippen LogP contribution >= 0.6 is 27.5 Å². The van der Waals surface area contributed by atoms with Crippen LogP contribution in [0.2, 0.25) is 5.02 Å². The van der Waals surface area contributed by atoms with E-state index < -0.39 is 0 Å². The van der Waals surface area contributed by atoms with E-state index in [9.17, 15) is 4.79 Å². The number of amides is 1. The summed E-state index contributed by atoms with van der Waals surface area (Å²) in [5.41, 5.74) is 8.26. The van der Waals surface area contributed by atoms with Gasteiger partial charge in [0, 0.05) is 15.1 Å². The lowest BCUT2D eigenvalue weighted by Gasteiger charge is -2.11. The van der Waals surface area contributed by atoms with E-state index in [0.29, 0.717) is 22.0 Å². The summed E-state index contributed by atoms with van der Waals surface area (Å²) in [5, 5.41) is 3.29. The van der Waals surface area contributed by atoms with Crippen molar-refractivity contribution in [3.05, 3.63) is 57.0 Å². The Labute approximate surface area is 124 Å². The average Bonchev–Trinajstić information content (AvgIpc) is 2.37. The zero-order valence-electron chi connectivity index (χ0n) is 10.2. The Morgan fingerprint density at radius 3 is 2.79 bits per heavy atom. The second-order valence-corrected chi connectivity index (χ2v) is 5.39. The Kier molecular flexibility index (Phi) is 4.12. The third-order valence-corrected chi connectivity index (χ3v) is 3.87. The maximum atomic E-state index is 12.2. The Morgan fingerprint density at radius 1 is 1.32 bits per heavy atom. The quantitative estimate of drug-likeness (QED) is 0.804. The Hall–Kier alpha value is -1.52. The van der Waals surface area contributed by atoms with Gasteiger partial charge < -0.3 is 11.1 Å². The Bertz CT molecular complexity index is 643. The topological polar surface area (TPSA) is 55.1 Å². The van der Waals surface area contributed by atoms with Gasteiger partial charge in [0.2, 0.25) is 0 Å². The summed E-state index contributed by atoms with van der Waals surface area (Å²) >= 11 is 9.29. The van der Waals surface area contributed by atoms with E-state index in [-0.39, 0.29) is 5.91 Å². The minimum absolute atomic E-state index is 0.215. The van der Waals surface area contributed by atoms with Gasteiger partial charge in [0.1, 0.15) is 0 Å². The van der Waals surface area contributed by atoms with E-state index in [4.69, 9.17) is 17.3 Å². The molecule has 0 heterocycles. The number of nitrogens with one attached hydrogen (secondary N) is 1. The fraction of sp³-hybridized carbons (Fsp3) is 0.0714. The standard InChI is InChI=1S/C14H12BrClN2O/c1-8-10(3-2-4-11(8)15)14(19)18-13-7-9(16)5-6-12(13)17/h2-7H,17H2,1H3,(H,18,19). The van der Waals surface area contributed by atoms with Gasteiger partial charge in [-0.2, -0.15) is 0 Å². The van der Waals surface area contributed by atoms with Crippen molar-refractivity contribution >= 4 is 44.8 Å². The number of rotatable bonds is 2. The molecule has 0 atom stereocenters. The first-order chi connectivity index (χ1) is 8.99. The number of carbonyl (C=O) groups is 1. The molecule has 0 saturated heterocycles. The Balaban J connectivity index is 2.31. The summed E-state index contributed by atoms with van der Waals surface area (Å²) in [4.78, 5) is 12.2. The zero-order valence-corrected chi connectivity index (χ0v) is 12.5. The molecule has 0 radical (unpaired) electrons. The van der Waals surface area contributed by atoms with Crippen molar-refractivity contribution in [1.29, 1.82) is 0 Å². The third kappa shape index (κ3) is 3.08.